The van der Waals surface area contributed by atoms with E-state index in [1.54, 1.807) is 12.3 Å². The van der Waals surface area contributed by atoms with Crippen LogP contribution in [0.15, 0.2) is 46.1 Å². The molecule has 3 aromatic rings. The highest BCUT2D eigenvalue weighted by Gasteiger charge is 2.18. The monoisotopic (exact) mass is 375 g/mol. The van der Waals surface area contributed by atoms with Gasteiger partial charge in [0.05, 0.1) is 5.69 Å². The summed E-state index contributed by atoms with van der Waals surface area (Å²) in [5.74, 6) is 0. The van der Waals surface area contributed by atoms with E-state index in [9.17, 15) is 8.42 Å². The Balaban J connectivity index is 1.77. The van der Waals surface area contributed by atoms with Crippen LogP contribution in [-0.4, -0.2) is 18.2 Å². The van der Waals surface area contributed by atoms with Crippen LogP contribution in [-0.2, 0) is 23.1 Å². The average molecular weight is 376 g/mol. The summed E-state index contributed by atoms with van der Waals surface area (Å²) >= 11 is 1.22. The molecule has 0 aliphatic rings. The summed E-state index contributed by atoms with van der Waals surface area (Å²) < 4.78 is 30.0. The molecule has 3 rings (SSSR count). The number of nitrogens with one attached hydrogen (secondary N) is 1. The third-order valence-corrected chi connectivity index (χ3v) is 7.03. The molecule has 7 heteroatoms. The molecule has 0 saturated heterocycles. The first-order valence-electron chi connectivity index (χ1n) is 8.07. The van der Waals surface area contributed by atoms with E-state index in [0.29, 0.717) is 4.21 Å². The fraction of sp³-hybridized carbons (Fsp3) is 0.278. The molecule has 0 amide bonds. The normalized spacial score (nSPS) is 11.8. The van der Waals surface area contributed by atoms with Gasteiger partial charge in [0.1, 0.15) is 4.21 Å². The molecule has 0 bridgehead atoms. The highest BCUT2D eigenvalue weighted by atomic mass is 32.2. The zero-order valence-corrected chi connectivity index (χ0v) is 16.1. The van der Waals surface area contributed by atoms with Crippen LogP contribution in [0.5, 0.6) is 0 Å². The maximum atomic E-state index is 12.6. The van der Waals surface area contributed by atoms with Gasteiger partial charge in [-0.15, -0.1) is 11.3 Å². The van der Waals surface area contributed by atoms with E-state index in [2.05, 4.69) is 9.82 Å². The number of thiophene rings is 1. The van der Waals surface area contributed by atoms with E-state index >= 15 is 0 Å². The third-order valence-electron chi connectivity index (χ3n) is 4.19. The average Bonchev–Trinajstić information content (AvgIpc) is 3.24. The second-order valence-corrected chi connectivity index (χ2v) is 8.83. The second-order valence-electron chi connectivity index (χ2n) is 5.93. The maximum absolute atomic E-state index is 12.6. The van der Waals surface area contributed by atoms with Crippen molar-refractivity contribution in [1.29, 1.82) is 0 Å². The molecule has 132 valence electrons. The van der Waals surface area contributed by atoms with E-state index in [-0.39, 0.29) is 6.54 Å². The minimum absolute atomic E-state index is 0.281. The second kappa shape index (κ2) is 7.11. The van der Waals surface area contributed by atoms with Crippen LogP contribution in [0.3, 0.4) is 0 Å². The lowest BCUT2D eigenvalue weighted by molar-refractivity contribution is 0.583. The first-order chi connectivity index (χ1) is 11.9. The Labute approximate surface area is 152 Å². The lowest BCUT2D eigenvalue weighted by Gasteiger charge is -2.07. The summed E-state index contributed by atoms with van der Waals surface area (Å²) in [5, 5.41) is 6.08. The molecule has 2 heterocycles. The number of hydrogen-bond donors (Lipinski definition) is 1. The van der Waals surface area contributed by atoms with Gasteiger partial charge in [-0.2, -0.15) is 5.10 Å². The minimum atomic E-state index is -3.53. The summed E-state index contributed by atoms with van der Waals surface area (Å²) in [4.78, 5) is 0. The van der Waals surface area contributed by atoms with Crippen LogP contribution >= 0.6 is 11.3 Å². The summed E-state index contributed by atoms with van der Waals surface area (Å²) in [6.07, 6.45) is 1.72. The molecule has 1 N–H and O–H groups in total. The SMILES string of the molecule is CCn1nccc1-c1csc(S(=O)(=O)NCc2ccc(C)c(C)c2)c1. The largest absolute Gasteiger partial charge is 0.265 e. The number of rotatable bonds is 6. The van der Waals surface area contributed by atoms with Crippen molar-refractivity contribution in [2.24, 2.45) is 0 Å². The van der Waals surface area contributed by atoms with E-state index in [4.69, 9.17) is 0 Å². The van der Waals surface area contributed by atoms with Crippen molar-refractivity contribution in [1.82, 2.24) is 14.5 Å². The molecule has 0 radical (unpaired) electrons. The highest BCUT2D eigenvalue weighted by molar-refractivity contribution is 7.91. The van der Waals surface area contributed by atoms with E-state index in [0.717, 1.165) is 28.9 Å². The van der Waals surface area contributed by atoms with Gasteiger partial charge < -0.3 is 0 Å². The van der Waals surface area contributed by atoms with Crippen molar-refractivity contribution in [3.05, 3.63) is 58.6 Å². The molecule has 1 aromatic carbocycles. The third kappa shape index (κ3) is 3.84. The highest BCUT2D eigenvalue weighted by Crippen LogP contribution is 2.28. The molecule has 0 spiro atoms. The van der Waals surface area contributed by atoms with Crippen LogP contribution in [0.25, 0.3) is 11.3 Å². The van der Waals surface area contributed by atoms with Crippen molar-refractivity contribution in [2.45, 2.75) is 38.1 Å². The standard InChI is InChI=1S/C18H21N3O2S2/c1-4-21-17(7-8-19-21)16-10-18(24-12-16)25(22,23)20-11-15-6-5-13(2)14(3)9-15/h5-10,12,20H,4,11H2,1-3H3. The number of nitrogens with zero attached hydrogens (tertiary/aromatic N) is 2. The van der Waals surface area contributed by atoms with E-state index in [1.165, 1.54) is 16.9 Å². The number of sulfonamides is 1. The lowest BCUT2D eigenvalue weighted by Crippen LogP contribution is -2.22. The summed E-state index contributed by atoms with van der Waals surface area (Å²) in [6, 6.07) is 9.57. The predicted molar refractivity (Wildman–Crippen MR) is 101 cm³/mol. The maximum Gasteiger partial charge on any atom is 0.250 e. The van der Waals surface area contributed by atoms with Crippen molar-refractivity contribution in [2.75, 3.05) is 0 Å². The van der Waals surface area contributed by atoms with Gasteiger partial charge in [-0.3, -0.25) is 4.68 Å². The molecule has 0 aliphatic heterocycles. The number of benzene rings is 1. The Hall–Kier alpha value is -1.96. The number of hydrogen-bond acceptors (Lipinski definition) is 4. The van der Waals surface area contributed by atoms with Crippen LogP contribution in [0.1, 0.15) is 23.6 Å². The Bertz CT molecular complexity index is 987. The zero-order chi connectivity index (χ0) is 18.0. The summed E-state index contributed by atoms with van der Waals surface area (Å²) in [5.41, 5.74) is 5.10. The molecule has 0 unspecified atom stereocenters. The Morgan fingerprint density at radius 2 is 1.96 bits per heavy atom. The van der Waals surface area contributed by atoms with E-state index < -0.39 is 10.0 Å². The zero-order valence-electron chi connectivity index (χ0n) is 14.5. The van der Waals surface area contributed by atoms with Gasteiger partial charge in [-0.05, 0) is 49.6 Å². The van der Waals surface area contributed by atoms with Crippen LogP contribution in [0.2, 0.25) is 0 Å². The minimum Gasteiger partial charge on any atom is -0.265 e. The molecule has 25 heavy (non-hydrogen) atoms. The topological polar surface area (TPSA) is 64.0 Å². The van der Waals surface area contributed by atoms with E-state index in [1.807, 2.05) is 55.1 Å². The summed E-state index contributed by atoms with van der Waals surface area (Å²) in [7, 11) is -3.53. The first-order valence-corrected chi connectivity index (χ1v) is 10.4. The van der Waals surface area contributed by atoms with Crippen molar-refractivity contribution in [3.63, 3.8) is 0 Å². The van der Waals surface area contributed by atoms with Gasteiger partial charge in [0.2, 0.25) is 10.0 Å². The molecule has 5 nitrogen and oxygen atoms in total. The molecule has 2 aromatic heterocycles. The molecular formula is C18H21N3O2S2. The van der Waals surface area contributed by atoms with Gasteiger partial charge in [-0.25, -0.2) is 13.1 Å². The molecule has 0 saturated carbocycles. The van der Waals surface area contributed by atoms with Gasteiger partial charge in [-0.1, -0.05) is 18.2 Å². The van der Waals surface area contributed by atoms with Gasteiger partial charge in [0.15, 0.2) is 0 Å². The molecule has 0 atom stereocenters. The Morgan fingerprint density at radius 1 is 1.16 bits per heavy atom. The molecular weight excluding hydrogens is 354 g/mol. The van der Waals surface area contributed by atoms with Gasteiger partial charge in [0.25, 0.3) is 0 Å². The Kier molecular flexibility index (Phi) is 5.08. The van der Waals surface area contributed by atoms with Crippen LogP contribution in [0, 0.1) is 13.8 Å². The fourth-order valence-corrected chi connectivity index (χ4v) is 4.82. The van der Waals surface area contributed by atoms with Crippen molar-refractivity contribution < 1.29 is 8.42 Å². The van der Waals surface area contributed by atoms with Crippen molar-refractivity contribution >= 4 is 21.4 Å². The van der Waals surface area contributed by atoms with Gasteiger partial charge in [0, 0.05) is 30.2 Å². The fourth-order valence-electron chi connectivity index (χ4n) is 2.58. The lowest BCUT2D eigenvalue weighted by atomic mass is 10.1. The van der Waals surface area contributed by atoms with Crippen LogP contribution < -0.4 is 4.72 Å². The quantitative estimate of drug-likeness (QED) is 0.714. The van der Waals surface area contributed by atoms with Crippen LogP contribution in [0.4, 0.5) is 0 Å². The molecule has 0 aliphatic carbocycles. The first kappa shape index (κ1) is 17.8. The Morgan fingerprint density at radius 3 is 2.68 bits per heavy atom. The predicted octanol–water partition coefficient (Wildman–Crippen LogP) is 3.73. The molecule has 0 fully saturated rings. The number of aryl methyl sites for hydroxylation is 3. The summed E-state index contributed by atoms with van der Waals surface area (Å²) in [6.45, 7) is 7.09. The van der Waals surface area contributed by atoms with Crippen molar-refractivity contribution in [3.8, 4) is 11.3 Å². The smallest absolute Gasteiger partial charge is 0.250 e. The number of aromatic nitrogens is 2. The van der Waals surface area contributed by atoms with Gasteiger partial charge >= 0.3 is 0 Å².